The maximum atomic E-state index is 5.00. The minimum absolute atomic E-state index is 0.967. The predicted octanol–water partition coefficient (Wildman–Crippen LogP) is 9.83. The van der Waals surface area contributed by atoms with E-state index in [1.54, 1.807) is 0 Å². The van der Waals surface area contributed by atoms with E-state index in [4.69, 9.17) is 4.98 Å². The first-order chi connectivity index (χ1) is 21.4. The van der Waals surface area contributed by atoms with Crippen LogP contribution < -0.4 is 0 Å². The maximum absolute atomic E-state index is 5.00. The van der Waals surface area contributed by atoms with E-state index in [0.29, 0.717) is 0 Å². The summed E-state index contributed by atoms with van der Waals surface area (Å²) < 4.78 is 7.13. The van der Waals surface area contributed by atoms with Crippen LogP contribution in [0.4, 0.5) is 0 Å². The highest BCUT2D eigenvalue weighted by atomic mass is 15.0. The second-order valence-electron chi connectivity index (χ2n) is 11.2. The van der Waals surface area contributed by atoms with Crippen molar-refractivity contribution >= 4 is 70.9 Å². The van der Waals surface area contributed by atoms with Crippen molar-refractivity contribution in [2.24, 2.45) is 0 Å². The highest BCUT2D eigenvalue weighted by molar-refractivity contribution is 6.31. The molecule has 10 aromatic rings. The van der Waals surface area contributed by atoms with Crippen LogP contribution in [0.5, 0.6) is 0 Å². The van der Waals surface area contributed by atoms with Crippen molar-refractivity contribution in [2.45, 2.75) is 0 Å². The lowest BCUT2D eigenvalue weighted by Gasteiger charge is -2.15. The molecule has 4 aromatic heterocycles. The number of rotatable bonds is 2. The van der Waals surface area contributed by atoms with Crippen LogP contribution in [-0.4, -0.2) is 18.5 Å². The molecular formula is C39H24N4. The van der Waals surface area contributed by atoms with E-state index < -0.39 is 0 Å². The minimum atomic E-state index is 0.967. The number of aromatic nitrogens is 4. The summed E-state index contributed by atoms with van der Waals surface area (Å²) in [5, 5.41) is 8.55. The Morgan fingerprint density at radius 3 is 1.53 bits per heavy atom. The van der Waals surface area contributed by atoms with Gasteiger partial charge in [-0.25, -0.2) is 4.98 Å². The number of hydrogen-bond donors (Lipinski definition) is 0. The van der Waals surface area contributed by atoms with Gasteiger partial charge in [0.2, 0.25) is 0 Å². The molecule has 0 N–H and O–H groups in total. The van der Waals surface area contributed by atoms with Crippen molar-refractivity contribution in [1.82, 2.24) is 18.5 Å². The predicted molar refractivity (Wildman–Crippen MR) is 179 cm³/mol. The van der Waals surface area contributed by atoms with E-state index >= 15 is 0 Å². The number of benzene rings is 6. The van der Waals surface area contributed by atoms with Gasteiger partial charge in [0.15, 0.2) is 0 Å². The zero-order chi connectivity index (χ0) is 28.1. The summed E-state index contributed by atoms with van der Waals surface area (Å²) in [6.45, 7) is 0. The van der Waals surface area contributed by atoms with E-state index in [9.17, 15) is 0 Å². The zero-order valence-corrected chi connectivity index (χ0v) is 23.1. The average molecular weight is 549 g/mol. The van der Waals surface area contributed by atoms with Crippen LogP contribution in [0.1, 0.15) is 0 Å². The van der Waals surface area contributed by atoms with E-state index in [1.165, 1.54) is 54.4 Å². The van der Waals surface area contributed by atoms with Gasteiger partial charge in [0.25, 0.3) is 0 Å². The molecule has 4 heterocycles. The Morgan fingerprint density at radius 2 is 0.907 bits per heavy atom. The van der Waals surface area contributed by atoms with Crippen LogP contribution >= 0.6 is 0 Å². The lowest BCUT2D eigenvalue weighted by molar-refractivity contribution is 1.18. The van der Waals surface area contributed by atoms with Gasteiger partial charge in [-0.3, -0.25) is 4.40 Å². The molecule has 43 heavy (non-hydrogen) atoms. The molecule has 4 nitrogen and oxygen atoms in total. The van der Waals surface area contributed by atoms with Gasteiger partial charge in [-0.1, -0.05) is 91.0 Å². The molecule has 10 rings (SSSR count). The van der Waals surface area contributed by atoms with E-state index in [-0.39, 0.29) is 0 Å². The standard InChI is InChI=1S/C39H24N4/c1-3-11-25(12-4-1)42-32-17-9-8-16-28(32)30-21-22-34-35(37(30)42)31-20-19-29-27-15-7-10-18-33(27)43(26-13-5-2-6-14-26)38(29)36(31)39-40-23-24-41(34)39/h1-24H. The van der Waals surface area contributed by atoms with Crippen molar-refractivity contribution in [3.05, 3.63) is 146 Å². The Labute approximate surface area is 246 Å². The normalized spacial score (nSPS) is 12.2. The molecule has 0 saturated heterocycles. The second-order valence-corrected chi connectivity index (χ2v) is 11.2. The lowest BCUT2D eigenvalue weighted by atomic mass is 10.00. The average Bonchev–Trinajstić information content (AvgIpc) is 3.78. The molecule has 0 atom stereocenters. The first-order valence-corrected chi connectivity index (χ1v) is 14.7. The van der Waals surface area contributed by atoms with Crippen LogP contribution in [0.25, 0.3) is 82.3 Å². The third kappa shape index (κ3) is 2.92. The number of para-hydroxylation sites is 4. The molecule has 0 aliphatic rings. The Hall–Kier alpha value is -5.87. The molecule has 0 aliphatic heterocycles. The van der Waals surface area contributed by atoms with Gasteiger partial charge in [-0.05, 0) is 47.9 Å². The molecule has 200 valence electrons. The number of imidazole rings is 1. The summed E-state index contributed by atoms with van der Waals surface area (Å²) in [5.41, 5.74) is 9.20. The Kier molecular flexibility index (Phi) is 4.42. The zero-order valence-electron chi connectivity index (χ0n) is 23.1. The van der Waals surface area contributed by atoms with Crippen LogP contribution in [0.3, 0.4) is 0 Å². The quantitative estimate of drug-likeness (QED) is 0.198. The fourth-order valence-corrected chi connectivity index (χ4v) is 7.38. The fourth-order valence-electron chi connectivity index (χ4n) is 7.38. The van der Waals surface area contributed by atoms with Crippen LogP contribution in [-0.2, 0) is 0 Å². The highest BCUT2D eigenvalue weighted by Gasteiger charge is 2.22. The number of pyridine rings is 1. The molecule has 0 saturated carbocycles. The molecule has 0 unspecified atom stereocenters. The highest BCUT2D eigenvalue weighted by Crippen LogP contribution is 2.44. The number of nitrogens with zero attached hydrogens (tertiary/aromatic N) is 4. The smallest absolute Gasteiger partial charge is 0.147 e. The summed E-state index contributed by atoms with van der Waals surface area (Å²) in [7, 11) is 0. The second kappa shape index (κ2) is 8.34. The molecular weight excluding hydrogens is 524 g/mol. The van der Waals surface area contributed by atoms with Crippen molar-refractivity contribution in [1.29, 1.82) is 0 Å². The van der Waals surface area contributed by atoms with Gasteiger partial charge in [0, 0.05) is 50.7 Å². The van der Waals surface area contributed by atoms with Crippen LogP contribution in [0.15, 0.2) is 146 Å². The minimum Gasteiger partial charge on any atom is -0.309 e. The Morgan fingerprint density at radius 1 is 0.395 bits per heavy atom. The number of fused-ring (bicyclic) bond motifs is 14. The summed E-state index contributed by atoms with van der Waals surface area (Å²) in [4.78, 5) is 5.00. The van der Waals surface area contributed by atoms with E-state index in [0.717, 1.165) is 27.9 Å². The molecule has 0 radical (unpaired) electrons. The van der Waals surface area contributed by atoms with E-state index in [2.05, 4.69) is 153 Å². The van der Waals surface area contributed by atoms with Crippen molar-refractivity contribution in [2.75, 3.05) is 0 Å². The lowest BCUT2D eigenvalue weighted by Crippen LogP contribution is -1.99. The summed E-state index contributed by atoms with van der Waals surface area (Å²) >= 11 is 0. The molecule has 0 bridgehead atoms. The summed E-state index contributed by atoms with van der Waals surface area (Å²) in [6.07, 6.45) is 4.03. The van der Waals surface area contributed by atoms with Gasteiger partial charge in [-0.2, -0.15) is 0 Å². The van der Waals surface area contributed by atoms with Crippen molar-refractivity contribution in [3.63, 3.8) is 0 Å². The third-order valence-corrected chi connectivity index (χ3v) is 9.07. The maximum Gasteiger partial charge on any atom is 0.147 e. The van der Waals surface area contributed by atoms with E-state index in [1.807, 2.05) is 6.20 Å². The monoisotopic (exact) mass is 548 g/mol. The van der Waals surface area contributed by atoms with Gasteiger partial charge in [0.05, 0.1) is 33.0 Å². The first kappa shape index (κ1) is 22.8. The third-order valence-electron chi connectivity index (χ3n) is 9.07. The summed E-state index contributed by atoms with van der Waals surface area (Å²) in [6, 6.07) is 48.1. The van der Waals surface area contributed by atoms with Gasteiger partial charge < -0.3 is 9.13 Å². The summed E-state index contributed by atoms with van der Waals surface area (Å²) in [5.74, 6) is 0. The topological polar surface area (TPSA) is 27.2 Å². The van der Waals surface area contributed by atoms with Gasteiger partial charge >= 0.3 is 0 Å². The van der Waals surface area contributed by atoms with Crippen LogP contribution in [0.2, 0.25) is 0 Å². The number of hydrogen-bond acceptors (Lipinski definition) is 1. The molecule has 0 amide bonds. The van der Waals surface area contributed by atoms with Crippen LogP contribution in [0, 0.1) is 0 Å². The van der Waals surface area contributed by atoms with Crippen molar-refractivity contribution in [3.8, 4) is 11.4 Å². The molecule has 4 heteroatoms. The molecule has 0 aliphatic carbocycles. The van der Waals surface area contributed by atoms with Crippen molar-refractivity contribution < 1.29 is 0 Å². The largest absolute Gasteiger partial charge is 0.309 e. The Bertz CT molecular complexity index is 2710. The SMILES string of the molecule is c1ccc(-n2c3ccccc3c3ccc4c(c5ccc6c7ccccc7n(-c7ccccc7)c6c5c5nccn45)c32)cc1. The molecule has 0 fully saturated rings. The fraction of sp³-hybridized carbons (Fsp3) is 0. The molecule has 0 spiro atoms. The Balaban J connectivity index is 1.53. The van der Waals surface area contributed by atoms with Gasteiger partial charge in [-0.15, -0.1) is 0 Å². The first-order valence-electron chi connectivity index (χ1n) is 14.7. The molecule has 6 aromatic carbocycles. The van der Waals surface area contributed by atoms with Gasteiger partial charge in [0.1, 0.15) is 5.65 Å².